The zero-order valence-corrected chi connectivity index (χ0v) is 10.5. The van der Waals surface area contributed by atoms with E-state index in [1.807, 2.05) is 0 Å². The van der Waals surface area contributed by atoms with E-state index in [0.29, 0.717) is 5.56 Å². The quantitative estimate of drug-likeness (QED) is 0.542. The SMILES string of the molecule is Cc1cc2c(cc1O)C(=O)c1c(ccc(O)c1O)C2=O. The third kappa shape index (κ3) is 1.43. The van der Waals surface area contributed by atoms with Crippen molar-refractivity contribution in [2.75, 3.05) is 0 Å². The van der Waals surface area contributed by atoms with Crippen LogP contribution in [0.3, 0.4) is 0 Å². The Morgan fingerprint density at radius 2 is 1.45 bits per heavy atom. The van der Waals surface area contributed by atoms with Crippen LogP contribution in [-0.4, -0.2) is 26.9 Å². The molecule has 0 fully saturated rings. The van der Waals surface area contributed by atoms with E-state index in [0.717, 1.165) is 6.07 Å². The van der Waals surface area contributed by atoms with Gasteiger partial charge in [0.1, 0.15) is 5.75 Å². The first kappa shape index (κ1) is 12.2. The molecule has 0 heterocycles. The largest absolute Gasteiger partial charge is 0.508 e. The maximum absolute atomic E-state index is 12.4. The first-order valence-corrected chi connectivity index (χ1v) is 5.89. The number of aryl methyl sites for hydroxylation is 1. The summed E-state index contributed by atoms with van der Waals surface area (Å²) in [5.74, 6) is -2.21. The lowest BCUT2D eigenvalue weighted by Crippen LogP contribution is -2.21. The molecule has 5 heteroatoms. The Hall–Kier alpha value is -2.82. The van der Waals surface area contributed by atoms with Gasteiger partial charge in [-0.2, -0.15) is 0 Å². The first-order valence-electron chi connectivity index (χ1n) is 5.89. The van der Waals surface area contributed by atoms with E-state index >= 15 is 0 Å². The van der Waals surface area contributed by atoms with Gasteiger partial charge in [-0.15, -0.1) is 0 Å². The number of fused-ring (bicyclic) bond motifs is 2. The van der Waals surface area contributed by atoms with Crippen LogP contribution in [0.5, 0.6) is 17.2 Å². The van der Waals surface area contributed by atoms with Gasteiger partial charge in [-0.25, -0.2) is 0 Å². The molecule has 0 atom stereocenters. The number of aromatic hydroxyl groups is 3. The van der Waals surface area contributed by atoms with Crippen molar-refractivity contribution in [3.8, 4) is 17.2 Å². The van der Waals surface area contributed by atoms with Crippen LogP contribution < -0.4 is 0 Å². The van der Waals surface area contributed by atoms with E-state index in [1.165, 1.54) is 18.2 Å². The van der Waals surface area contributed by atoms with Crippen molar-refractivity contribution in [3.63, 3.8) is 0 Å². The van der Waals surface area contributed by atoms with E-state index in [2.05, 4.69) is 0 Å². The van der Waals surface area contributed by atoms with Crippen LogP contribution in [0.4, 0.5) is 0 Å². The molecule has 0 radical (unpaired) electrons. The molecule has 3 rings (SSSR count). The summed E-state index contributed by atoms with van der Waals surface area (Å²) in [5.41, 5.74) is 0.499. The molecular formula is C15H10O5. The molecule has 0 bridgehead atoms. The van der Waals surface area contributed by atoms with Crippen molar-refractivity contribution in [1.82, 2.24) is 0 Å². The molecule has 0 aliphatic heterocycles. The Balaban J connectivity index is 2.37. The fourth-order valence-electron chi connectivity index (χ4n) is 2.35. The van der Waals surface area contributed by atoms with Crippen LogP contribution in [0.25, 0.3) is 0 Å². The van der Waals surface area contributed by atoms with E-state index in [9.17, 15) is 24.9 Å². The number of hydrogen-bond acceptors (Lipinski definition) is 5. The van der Waals surface area contributed by atoms with Crippen molar-refractivity contribution in [3.05, 3.63) is 52.1 Å². The third-order valence-electron chi connectivity index (χ3n) is 3.45. The normalized spacial score (nSPS) is 13.1. The second-order valence-corrected chi connectivity index (χ2v) is 4.70. The molecule has 20 heavy (non-hydrogen) atoms. The maximum Gasteiger partial charge on any atom is 0.198 e. The lowest BCUT2D eigenvalue weighted by atomic mass is 9.82. The van der Waals surface area contributed by atoms with E-state index in [4.69, 9.17) is 0 Å². The van der Waals surface area contributed by atoms with Gasteiger partial charge in [-0.1, -0.05) is 0 Å². The lowest BCUT2D eigenvalue weighted by Gasteiger charge is -2.19. The lowest BCUT2D eigenvalue weighted by molar-refractivity contribution is 0.0976. The van der Waals surface area contributed by atoms with E-state index in [-0.39, 0.29) is 28.0 Å². The van der Waals surface area contributed by atoms with Crippen molar-refractivity contribution >= 4 is 11.6 Å². The fraction of sp³-hybridized carbons (Fsp3) is 0.0667. The van der Waals surface area contributed by atoms with Gasteiger partial charge in [0.05, 0.1) is 5.56 Å². The Morgan fingerprint density at radius 1 is 0.800 bits per heavy atom. The highest BCUT2D eigenvalue weighted by Crippen LogP contribution is 2.39. The monoisotopic (exact) mass is 270 g/mol. The molecule has 0 aromatic heterocycles. The molecule has 0 saturated heterocycles. The summed E-state index contributed by atoms with van der Waals surface area (Å²) in [7, 11) is 0. The first-order chi connectivity index (χ1) is 9.41. The molecule has 0 spiro atoms. The third-order valence-corrected chi connectivity index (χ3v) is 3.45. The number of carbonyl (C=O) groups is 2. The van der Waals surface area contributed by atoms with Crippen molar-refractivity contribution < 1.29 is 24.9 Å². The smallest absolute Gasteiger partial charge is 0.198 e. The summed E-state index contributed by atoms with van der Waals surface area (Å²) in [6.07, 6.45) is 0. The Morgan fingerprint density at radius 3 is 2.15 bits per heavy atom. The second-order valence-electron chi connectivity index (χ2n) is 4.70. The summed E-state index contributed by atoms with van der Waals surface area (Å²) >= 11 is 0. The minimum Gasteiger partial charge on any atom is -0.508 e. The zero-order chi connectivity index (χ0) is 14.6. The fourth-order valence-corrected chi connectivity index (χ4v) is 2.35. The van der Waals surface area contributed by atoms with Crippen LogP contribution >= 0.6 is 0 Å². The topological polar surface area (TPSA) is 94.8 Å². The number of hydrogen-bond donors (Lipinski definition) is 3. The molecule has 1 aliphatic rings. The van der Waals surface area contributed by atoms with Crippen molar-refractivity contribution in [1.29, 1.82) is 0 Å². The van der Waals surface area contributed by atoms with Crippen LogP contribution in [0.1, 0.15) is 37.4 Å². The van der Waals surface area contributed by atoms with Gasteiger partial charge in [0.15, 0.2) is 23.1 Å². The minimum atomic E-state index is -0.619. The van der Waals surface area contributed by atoms with Crippen molar-refractivity contribution in [2.24, 2.45) is 0 Å². The molecule has 3 N–H and O–H groups in total. The predicted molar refractivity (Wildman–Crippen MR) is 69.5 cm³/mol. The Kier molecular flexibility index (Phi) is 2.34. The highest BCUT2D eigenvalue weighted by Gasteiger charge is 2.33. The second kappa shape index (κ2) is 3.84. The molecular weight excluding hydrogens is 260 g/mol. The average Bonchev–Trinajstić information content (AvgIpc) is 2.41. The Bertz CT molecular complexity index is 785. The van der Waals surface area contributed by atoms with Gasteiger partial charge in [-0.05, 0) is 36.8 Å². The van der Waals surface area contributed by atoms with Gasteiger partial charge in [-0.3, -0.25) is 9.59 Å². The van der Waals surface area contributed by atoms with E-state index < -0.39 is 23.1 Å². The van der Waals surface area contributed by atoms with Crippen LogP contribution in [0.2, 0.25) is 0 Å². The van der Waals surface area contributed by atoms with Crippen molar-refractivity contribution in [2.45, 2.75) is 6.92 Å². The zero-order valence-electron chi connectivity index (χ0n) is 10.5. The molecule has 0 amide bonds. The molecule has 0 saturated carbocycles. The highest BCUT2D eigenvalue weighted by molar-refractivity contribution is 6.29. The molecule has 5 nitrogen and oxygen atoms in total. The number of ketones is 2. The predicted octanol–water partition coefficient (Wildman–Crippen LogP) is 1.89. The maximum atomic E-state index is 12.4. The van der Waals surface area contributed by atoms with Gasteiger partial charge < -0.3 is 15.3 Å². The molecule has 2 aromatic carbocycles. The minimum absolute atomic E-state index is 0.0199. The van der Waals surface area contributed by atoms with Gasteiger partial charge in [0.2, 0.25) is 0 Å². The number of carbonyl (C=O) groups excluding carboxylic acids is 2. The summed E-state index contributed by atoms with van der Waals surface area (Å²) < 4.78 is 0. The van der Waals surface area contributed by atoms with Gasteiger partial charge in [0, 0.05) is 16.7 Å². The summed E-state index contributed by atoms with van der Waals surface area (Å²) in [5, 5.41) is 28.9. The number of phenols is 3. The molecule has 2 aromatic rings. The number of rotatable bonds is 0. The van der Waals surface area contributed by atoms with Crippen LogP contribution in [0.15, 0.2) is 24.3 Å². The van der Waals surface area contributed by atoms with Crippen LogP contribution in [0, 0.1) is 6.92 Å². The van der Waals surface area contributed by atoms with E-state index in [1.54, 1.807) is 6.92 Å². The number of phenolic OH excluding ortho intramolecular Hbond substituents is 3. The Labute approximate surface area is 113 Å². The molecule has 0 unspecified atom stereocenters. The average molecular weight is 270 g/mol. The highest BCUT2D eigenvalue weighted by atomic mass is 16.3. The summed E-state index contributed by atoms with van der Waals surface area (Å²) in [6, 6.07) is 5.11. The summed E-state index contributed by atoms with van der Waals surface area (Å²) in [4.78, 5) is 24.7. The van der Waals surface area contributed by atoms with Crippen LogP contribution in [-0.2, 0) is 0 Å². The summed E-state index contributed by atoms with van der Waals surface area (Å²) in [6.45, 7) is 1.62. The van der Waals surface area contributed by atoms with Gasteiger partial charge >= 0.3 is 0 Å². The number of benzene rings is 2. The standard InChI is InChI=1S/C15H10O5/c1-6-4-8-9(5-11(6)17)14(19)12-7(13(8)18)2-3-10(16)15(12)20/h2-5,16-17,20H,1H3. The molecule has 1 aliphatic carbocycles. The molecule has 100 valence electrons. The van der Waals surface area contributed by atoms with Gasteiger partial charge in [0.25, 0.3) is 0 Å².